The highest BCUT2D eigenvalue weighted by Crippen LogP contribution is 2.49. The summed E-state index contributed by atoms with van der Waals surface area (Å²) in [4.78, 5) is 4.12. The first-order valence-electron chi connectivity index (χ1n) is 7.40. The number of aromatic nitrogens is 1. The number of oxazole rings is 1. The van der Waals surface area contributed by atoms with E-state index >= 15 is 0 Å². The van der Waals surface area contributed by atoms with Crippen molar-refractivity contribution in [2.24, 2.45) is 17.8 Å². The first-order valence-corrected chi connectivity index (χ1v) is 9.05. The average Bonchev–Trinajstić information content (AvgIpc) is 3.11. The van der Waals surface area contributed by atoms with Gasteiger partial charge in [0.25, 0.3) is 0 Å². The summed E-state index contributed by atoms with van der Waals surface area (Å²) < 4.78 is 30.5. The van der Waals surface area contributed by atoms with Gasteiger partial charge in [-0.05, 0) is 49.1 Å². The van der Waals surface area contributed by atoms with Gasteiger partial charge >= 0.3 is 5.22 Å². The van der Waals surface area contributed by atoms with E-state index < -0.39 is 9.84 Å². The van der Waals surface area contributed by atoms with Gasteiger partial charge in [0.2, 0.25) is 9.84 Å². The molecule has 1 aromatic carbocycles. The third kappa shape index (κ3) is 2.21. The van der Waals surface area contributed by atoms with E-state index in [1.54, 1.807) is 18.2 Å². The summed E-state index contributed by atoms with van der Waals surface area (Å²) in [5, 5.41) is -0.161. The van der Waals surface area contributed by atoms with Gasteiger partial charge in [-0.2, -0.15) is 4.98 Å². The maximum Gasteiger partial charge on any atom is 0.316 e. The van der Waals surface area contributed by atoms with Crippen LogP contribution in [0.3, 0.4) is 0 Å². The summed E-state index contributed by atoms with van der Waals surface area (Å²) in [6, 6.07) is 4.99. The van der Waals surface area contributed by atoms with Gasteiger partial charge in [-0.15, -0.1) is 0 Å². The zero-order chi connectivity index (χ0) is 14.6. The van der Waals surface area contributed by atoms with E-state index in [1.807, 2.05) is 0 Å². The minimum atomic E-state index is -3.46. The zero-order valence-electron chi connectivity index (χ0n) is 11.7. The number of nitrogen functional groups attached to an aromatic ring is 1. The Morgan fingerprint density at radius 2 is 2.14 bits per heavy atom. The molecule has 1 heterocycles. The number of anilines is 1. The van der Waals surface area contributed by atoms with Crippen LogP contribution in [0.25, 0.3) is 11.1 Å². The Balaban J connectivity index is 1.63. The van der Waals surface area contributed by atoms with Gasteiger partial charge in [0.15, 0.2) is 5.58 Å². The molecule has 4 rings (SSSR count). The fraction of sp³-hybridized carbons (Fsp3) is 0.533. The quantitative estimate of drug-likeness (QED) is 0.881. The van der Waals surface area contributed by atoms with Gasteiger partial charge in [0.05, 0.1) is 5.75 Å². The second-order valence-corrected chi connectivity index (χ2v) is 8.34. The molecule has 2 aromatic rings. The third-order valence-electron chi connectivity index (χ3n) is 4.98. The molecule has 2 aliphatic rings. The number of benzene rings is 1. The maximum absolute atomic E-state index is 12.5. The molecular formula is C15H18N2O3S. The molecule has 112 valence electrons. The lowest BCUT2D eigenvalue weighted by molar-refractivity contribution is 0.356. The van der Waals surface area contributed by atoms with Crippen molar-refractivity contribution in [3.05, 3.63) is 18.2 Å². The molecular weight excluding hydrogens is 288 g/mol. The van der Waals surface area contributed by atoms with Crippen molar-refractivity contribution in [1.82, 2.24) is 4.98 Å². The van der Waals surface area contributed by atoms with Crippen LogP contribution in [0.2, 0.25) is 0 Å². The van der Waals surface area contributed by atoms with E-state index in [0.29, 0.717) is 22.7 Å². The van der Waals surface area contributed by atoms with Crippen molar-refractivity contribution >= 4 is 26.6 Å². The number of rotatable bonds is 3. The topological polar surface area (TPSA) is 86.2 Å². The fourth-order valence-corrected chi connectivity index (χ4v) is 5.56. The Labute approximate surface area is 123 Å². The van der Waals surface area contributed by atoms with Crippen LogP contribution in [0.15, 0.2) is 27.8 Å². The van der Waals surface area contributed by atoms with E-state index in [0.717, 1.165) is 12.3 Å². The molecule has 2 fully saturated rings. The van der Waals surface area contributed by atoms with Crippen molar-refractivity contribution in [1.29, 1.82) is 0 Å². The van der Waals surface area contributed by atoms with Gasteiger partial charge in [-0.25, -0.2) is 8.42 Å². The molecule has 3 atom stereocenters. The molecule has 5 nitrogen and oxygen atoms in total. The van der Waals surface area contributed by atoms with Crippen LogP contribution >= 0.6 is 0 Å². The Hall–Kier alpha value is -1.56. The van der Waals surface area contributed by atoms with Crippen LogP contribution in [0.1, 0.15) is 25.7 Å². The number of hydrogen-bond acceptors (Lipinski definition) is 5. The van der Waals surface area contributed by atoms with Gasteiger partial charge in [-0.1, -0.05) is 6.42 Å². The Kier molecular flexibility index (Phi) is 2.79. The summed E-state index contributed by atoms with van der Waals surface area (Å²) in [5.74, 6) is 1.74. The first kappa shape index (κ1) is 13.1. The highest BCUT2D eigenvalue weighted by molar-refractivity contribution is 7.91. The Morgan fingerprint density at radius 1 is 1.29 bits per heavy atom. The Bertz CT molecular complexity index is 796. The van der Waals surface area contributed by atoms with Gasteiger partial charge in [0.1, 0.15) is 5.52 Å². The molecule has 2 aliphatic carbocycles. The monoisotopic (exact) mass is 306 g/mol. The predicted octanol–water partition coefficient (Wildman–Crippen LogP) is 2.62. The highest BCUT2D eigenvalue weighted by Gasteiger charge is 2.42. The largest absolute Gasteiger partial charge is 0.428 e. The van der Waals surface area contributed by atoms with Crippen molar-refractivity contribution in [3.63, 3.8) is 0 Å². The molecule has 3 unspecified atom stereocenters. The second kappa shape index (κ2) is 4.47. The van der Waals surface area contributed by atoms with E-state index in [4.69, 9.17) is 10.2 Å². The number of sulfone groups is 1. The Morgan fingerprint density at radius 3 is 2.86 bits per heavy atom. The number of hydrogen-bond donors (Lipinski definition) is 1. The highest BCUT2D eigenvalue weighted by atomic mass is 32.2. The number of fused-ring (bicyclic) bond motifs is 3. The van der Waals surface area contributed by atoms with Crippen LogP contribution < -0.4 is 5.73 Å². The smallest absolute Gasteiger partial charge is 0.316 e. The minimum Gasteiger partial charge on any atom is -0.428 e. The third-order valence-corrected chi connectivity index (χ3v) is 6.55. The van der Waals surface area contributed by atoms with E-state index in [2.05, 4.69) is 4.98 Å². The number of nitrogens with zero attached hydrogens (tertiary/aromatic N) is 1. The number of nitrogens with two attached hydrogens (primary N) is 1. The van der Waals surface area contributed by atoms with Crippen LogP contribution in [0, 0.1) is 17.8 Å². The van der Waals surface area contributed by atoms with Crippen LogP contribution in [0.4, 0.5) is 5.69 Å². The lowest BCUT2D eigenvalue weighted by Crippen LogP contribution is -2.21. The molecule has 0 radical (unpaired) electrons. The molecule has 2 bridgehead atoms. The van der Waals surface area contributed by atoms with Crippen LogP contribution in [0.5, 0.6) is 0 Å². The molecule has 0 aliphatic heterocycles. The predicted molar refractivity (Wildman–Crippen MR) is 79.4 cm³/mol. The van der Waals surface area contributed by atoms with Crippen molar-refractivity contribution in [2.75, 3.05) is 11.5 Å². The molecule has 21 heavy (non-hydrogen) atoms. The zero-order valence-corrected chi connectivity index (χ0v) is 12.5. The lowest BCUT2D eigenvalue weighted by Gasteiger charge is -2.20. The minimum absolute atomic E-state index is 0.161. The summed E-state index contributed by atoms with van der Waals surface area (Å²) in [5.41, 5.74) is 7.19. The van der Waals surface area contributed by atoms with E-state index in [9.17, 15) is 8.42 Å². The standard InChI is InChI=1S/C15H18N2O3S/c16-12-3-4-13-14(7-12)20-15(17-13)21(18,19)8-11-6-9-1-2-10(11)5-9/h3-4,7,9-11H,1-2,5-6,8,16H2. The summed E-state index contributed by atoms with van der Waals surface area (Å²) in [6.07, 6.45) is 4.68. The van der Waals surface area contributed by atoms with E-state index in [1.165, 1.54) is 19.3 Å². The van der Waals surface area contributed by atoms with E-state index in [-0.39, 0.29) is 16.9 Å². The van der Waals surface area contributed by atoms with Gasteiger partial charge in [-0.3, -0.25) is 0 Å². The van der Waals surface area contributed by atoms with Crippen molar-refractivity contribution in [3.8, 4) is 0 Å². The van der Waals surface area contributed by atoms with Gasteiger partial charge < -0.3 is 10.2 Å². The average molecular weight is 306 g/mol. The first-order chi connectivity index (χ1) is 10.0. The maximum atomic E-state index is 12.5. The van der Waals surface area contributed by atoms with Crippen LogP contribution in [-0.4, -0.2) is 19.2 Å². The summed E-state index contributed by atoms with van der Waals surface area (Å²) in [7, 11) is -3.46. The summed E-state index contributed by atoms with van der Waals surface area (Å²) >= 11 is 0. The van der Waals surface area contributed by atoms with Gasteiger partial charge in [0, 0.05) is 11.8 Å². The van der Waals surface area contributed by atoms with Crippen molar-refractivity contribution < 1.29 is 12.8 Å². The summed E-state index contributed by atoms with van der Waals surface area (Å²) in [6.45, 7) is 0. The van der Waals surface area contributed by atoms with Crippen LogP contribution in [-0.2, 0) is 9.84 Å². The molecule has 0 saturated heterocycles. The molecule has 1 aromatic heterocycles. The lowest BCUT2D eigenvalue weighted by atomic mass is 9.90. The molecule has 2 N–H and O–H groups in total. The SMILES string of the molecule is Nc1ccc2nc(S(=O)(=O)CC3CC4CCC3C4)oc2c1. The molecule has 0 amide bonds. The molecule has 6 heteroatoms. The fourth-order valence-electron chi connectivity index (χ4n) is 3.99. The second-order valence-electron chi connectivity index (χ2n) is 6.42. The molecule has 0 spiro atoms. The normalized spacial score (nSPS) is 28.5. The van der Waals surface area contributed by atoms with Crippen molar-refractivity contribution in [2.45, 2.75) is 30.9 Å². The molecule has 2 saturated carbocycles.